The predicted octanol–water partition coefficient (Wildman–Crippen LogP) is 3.39. The van der Waals surface area contributed by atoms with Gasteiger partial charge in [-0.1, -0.05) is 42.1 Å². The third kappa shape index (κ3) is 4.71. The van der Waals surface area contributed by atoms with Crippen LogP contribution in [0, 0.1) is 0 Å². The number of hydrogen-bond donors (Lipinski definition) is 1. The molecule has 0 bridgehead atoms. The van der Waals surface area contributed by atoms with Gasteiger partial charge in [0.15, 0.2) is 5.16 Å². The van der Waals surface area contributed by atoms with E-state index in [0.29, 0.717) is 11.7 Å². The van der Waals surface area contributed by atoms with Gasteiger partial charge in [-0.2, -0.15) is 0 Å². The van der Waals surface area contributed by atoms with E-state index in [1.54, 1.807) is 23.0 Å². The number of nitrogens with zero attached hydrogens (tertiary/aromatic N) is 3. The minimum atomic E-state index is -0.0624. The molecule has 0 saturated carbocycles. The summed E-state index contributed by atoms with van der Waals surface area (Å²) in [6.07, 6.45) is 4.32. The average Bonchev–Trinajstić information content (AvgIpc) is 3.14. The van der Waals surface area contributed by atoms with Gasteiger partial charge in [0.25, 0.3) is 5.56 Å². The molecule has 6 nitrogen and oxygen atoms in total. The van der Waals surface area contributed by atoms with E-state index in [4.69, 9.17) is 4.98 Å². The number of amides is 1. The number of likely N-dealkylation sites (N-methyl/N-ethyl adjacent to an activating group) is 1. The van der Waals surface area contributed by atoms with Crippen LogP contribution in [0.1, 0.15) is 34.9 Å². The van der Waals surface area contributed by atoms with Gasteiger partial charge in [0.2, 0.25) is 5.91 Å². The Bertz CT molecular complexity index is 1140. The number of fused-ring (bicyclic) bond motifs is 3. The van der Waals surface area contributed by atoms with Gasteiger partial charge in [-0.25, -0.2) is 4.98 Å². The van der Waals surface area contributed by atoms with E-state index in [1.165, 1.54) is 28.6 Å². The molecule has 0 fully saturated rings. The molecule has 1 N–H and O–H groups in total. The normalized spacial score (nSPS) is 14.6. The van der Waals surface area contributed by atoms with E-state index in [1.807, 2.05) is 32.3 Å². The van der Waals surface area contributed by atoms with E-state index in [2.05, 4.69) is 22.3 Å². The highest BCUT2D eigenvalue weighted by Crippen LogP contribution is 2.34. The van der Waals surface area contributed by atoms with E-state index < -0.39 is 0 Å². The summed E-state index contributed by atoms with van der Waals surface area (Å²) < 4.78 is 1.59. The summed E-state index contributed by atoms with van der Waals surface area (Å²) in [4.78, 5) is 34.5. The standard InChI is InChI=1S/C23H28N4O2S2/c1-26(2)17(15-9-5-4-6-10-15)13-24-19(28)14-30-23-25-21-20(22(29)27(23)3)16-11-7-8-12-18(16)31-21/h4-6,9-10,17H,7-8,11-14H2,1-3H3,(H,24,28)/t17-/m0/s1. The van der Waals surface area contributed by atoms with Crippen LogP contribution in [0.4, 0.5) is 0 Å². The number of nitrogens with one attached hydrogen (secondary N) is 1. The van der Waals surface area contributed by atoms with Gasteiger partial charge in [0.1, 0.15) is 4.83 Å². The smallest absolute Gasteiger partial charge is 0.262 e. The molecule has 1 aromatic carbocycles. The molecular weight excluding hydrogens is 428 g/mol. The molecule has 0 unspecified atom stereocenters. The van der Waals surface area contributed by atoms with Crippen molar-refractivity contribution in [3.63, 3.8) is 0 Å². The van der Waals surface area contributed by atoms with Crippen molar-refractivity contribution in [1.82, 2.24) is 19.8 Å². The summed E-state index contributed by atoms with van der Waals surface area (Å²) >= 11 is 2.96. The van der Waals surface area contributed by atoms with Crippen LogP contribution in [0.3, 0.4) is 0 Å². The van der Waals surface area contributed by atoms with E-state index in [0.717, 1.165) is 35.0 Å². The van der Waals surface area contributed by atoms with Crippen molar-refractivity contribution in [2.45, 2.75) is 36.9 Å². The topological polar surface area (TPSA) is 67.2 Å². The van der Waals surface area contributed by atoms with Crippen molar-refractivity contribution in [2.24, 2.45) is 7.05 Å². The van der Waals surface area contributed by atoms with E-state index in [-0.39, 0.29) is 23.3 Å². The van der Waals surface area contributed by atoms with Crippen LogP contribution in [0.5, 0.6) is 0 Å². The van der Waals surface area contributed by atoms with Crippen molar-refractivity contribution >= 4 is 39.2 Å². The van der Waals surface area contributed by atoms with Gasteiger partial charge < -0.3 is 10.2 Å². The lowest BCUT2D eigenvalue weighted by atomic mass is 9.97. The number of carbonyl (C=O) groups is 1. The molecule has 31 heavy (non-hydrogen) atoms. The number of benzene rings is 1. The molecule has 1 aliphatic carbocycles. The molecule has 164 valence electrons. The Morgan fingerprint density at radius 3 is 2.74 bits per heavy atom. The molecule has 0 spiro atoms. The highest BCUT2D eigenvalue weighted by atomic mass is 32.2. The first-order valence-electron chi connectivity index (χ1n) is 10.6. The summed E-state index contributed by atoms with van der Waals surface area (Å²) in [7, 11) is 5.77. The molecule has 8 heteroatoms. The quantitative estimate of drug-likeness (QED) is 0.436. The van der Waals surface area contributed by atoms with Crippen LogP contribution >= 0.6 is 23.1 Å². The second kappa shape index (κ2) is 9.54. The number of rotatable bonds is 7. The van der Waals surface area contributed by atoms with Crippen molar-refractivity contribution in [3.8, 4) is 0 Å². The van der Waals surface area contributed by atoms with Crippen LogP contribution in [0.2, 0.25) is 0 Å². The molecule has 1 aliphatic rings. The highest BCUT2D eigenvalue weighted by molar-refractivity contribution is 7.99. The summed E-state index contributed by atoms with van der Waals surface area (Å²) in [5.74, 6) is 0.166. The largest absolute Gasteiger partial charge is 0.353 e. The monoisotopic (exact) mass is 456 g/mol. The molecule has 0 aliphatic heterocycles. The minimum Gasteiger partial charge on any atom is -0.353 e. The fourth-order valence-corrected chi connectivity index (χ4v) is 6.17. The summed E-state index contributed by atoms with van der Waals surface area (Å²) in [5.41, 5.74) is 2.37. The van der Waals surface area contributed by atoms with Crippen molar-refractivity contribution in [3.05, 3.63) is 56.7 Å². The third-order valence-electron chi connectivity index (χ3n) is 5.79. The Balaban J connectivity index is 1.43. The van der Waals surface area contributed by atoms with E-state index >= 15 is 0 Å². The van der Waals surface area contributed by atoms with Crippen molar-refractivity contribution in [2.75, 3.05) is 26.4 Å². The Morgan fingerprint density at radius 2 is 2.00 bits per heavy atom. The number of thioether (sulfide) groups is 1. The third-order valence-corrected chi connectivity index (χ3v) is 8.00. The molecule has 3 aromatic rings. The first-order valence-corrected chi connectivity index (χ1v) is 12.4. The zero-order valence-corrected chi connectivity index (χ0v) is 19.8. The molecular formula is C23H28N4O2S2. The Hall–Kier alpha value is -2.16. The zero-order chi connectivity index (χ0) is 22.0. The SMILES string of the molecule is CN(C)[C@@H](CNC(=O)CSc1nc2sc3c(c2c(=O)n1C)CCCC3)c1ccccc1. The predicted molar refractivity (Wildman–Crippen MR) is 128 cm³/mol. The van der Waals surface area contributed by atoms with Gasteiger partial charge in [0, 0.05) is 18.5 Å². The van der Waals surface area contributed by atoms with Gasteiger partial charge in [-0.15, -0.1) is 11.3 Å². The maximum Gasteiger partial charge on any atom is 0.262 e. The van der Waals surface area contributed by atoms with Gasteiger partial charge in [0.05, 0.1) is 17.2 Å². The van der Waals surface area contributed by atoms with Crippen LogP contribution in [-0.4, -0.2) is 46.8 Å². The summed E-state index contributed by atoms with van der Waals surface area (Å²) in [6, 6.07) is 10.3. The molecule has 0 radical (unpaired) electrons. The fraction of sp³-hybridized carbons (Fsp3) is 0.435. The lowest BCUT2D eigenvalue weighted by molar-refractivity contribution is -0.118. The number of hydrogen-bond acceptors (Lipinski definition) is 6. The van der Waals surface area contributed by atoms with Crippen molar-refractivity contribution < 1.29 is 4.79 Å². The van der Waals surface area contributed by atoms with Crippen LogP contribution in [0.25, 0.3) is 10.2 Å². The van der Waals surface area contributed by atoms with Gasteiger partial charge >= 0.3 is 0 Å². The second-order valence-electron chi connectivity index (χ2n) is 8.13. The molecule has 4 rings (SSSR count). The maximum atomic E-state index is 13.0. The average molecular weight is 457 g/mol. The second-order valence-corrected chi connectivity index (χ2v) is 10.2. The fourth-order valence-electron chi connectivity index (χ4n) is 4.06. The number of aryl methyl sites for hydroxylation is 2. The number of aromatic nitrogens is 2. The van der Waals surface area contributed by atoms with Gasteiger partial charge in [-0.05, 0) is 50.9 Å². The van der Waals surface area contributed by atoms with E-state index in [9.17, 15) is 9.59 Å². The molecule has 2 aromatic heterocycles. The zero-order valence-electron chi connectivity index (χ0n) is 18.2. The molecule has 2 heterocycles. The van der Waals surface area contributed by atoms with Gasteiger partial charge in [-0.3, -0.25) is 14.2 Å². The number of carbonyl (C=O) groups excluding carboxylic acids is 1. The van der Waals surface area contributed by atoms with Crippen LogP contribution in [-0.2, 0) is 24.7 Å². The summed E-state index contributed by atoms with van der Waals surface area (Å²) in [6.45, 7) is 0.527. The molecule has 1 amide bonds. The lowest BCUT2D eigenvalue weighted by Gasteiger charge is -2.25. The van der Waals surface area contributed by atoms with Crippen LogP contribution < -0.4 is 10.9 Å². The highest BCUT2D eigenvalue weighted by Gasteiger charge is 2.22. The van der Waals surface area contributed by atoms with Crippen LogP contribution in [0.15, 0.2) is 40.3 Å². The lowest BCUT2D eigenvalue weighted by Crippen LogP contribution is -2.35. The first kappa shape index (κ1) is 22.0. The Labute approximate surface area is 190 Å². The Kier molecular flexibility index (Phi) is 6.79. The molecule has 1 atom stereocenters. The first-order chi connectivity index (χ1) is 15.0. The Morgan fingerprint density at radius 1 is 1.26 bits per heavy atom. The number of thiophene rings is 1. The minimum absolute atomic E-state index is 0.00376. The van der Waals surface area contributed by atoms with Crippen molar-refractivity contribution in [1.29, 1.82) is 0 Å². The summed E-state index contributed by atoms with van der Waals surface area (Å²) in [5, 5.41) is 4.41. The molecule has 0 saturated heterocycles. The maximum absolute atomic E-state index is 13.0.